The molecule has 1 unspecified atom stereocenters. The Kier molecular flexibility index (Phi) is 6.89. The van der Waals surface area contributed by atoms with Crippen molar-refractivity contribution in [3.63, 3.8) is 0 Å². The fourth-order valence-corrected chi connectivity index (χ4v) is 1.91. The topological polar surface area (TPSA) is 67.2 Å². The third-order valence-corrected chi connectivity index (χ3v) is 4.00. The van der Waals surface area contributed by atoms with Gasteiger partial charge in [0.2, 0.25) is 0 Å². The van der Waals surface area contributed by atoms with E-state index >= 15 is 0 Å². The maximum absolute atomic E-state index is 12.0. The van der Waals surface area contributed by atoms with Gasteiger partial charge in [-0.05, 0) is 25.3 Å². The van der Waals surface area contributed by atoms with Crippen LogP contribution in [0, 0.1) is 5.41 Å². The lowest BCUT2D eigenvalue weighted by Gasteiger charge is -2.32. The molecule has 0 aromatic carbocycles. The number of amides is 1. The van der Waals surface area contributed by atoms with E-state index in [4.69, 9.17) is 4.52 Å². The van der Waals surface area contributed by atoms with Gasteiger partial charge in [0.15, 0.2) is 5.69 Å². The van der Waals surface area contributed by atoms with E-state index in [1.807, 2.05) is 6.92 Å². The largest absolute Gasteiger partial charge is 0.361 e. The van der Waals surface area contributed by atoms with Crippen LogP contribution in [0.5, 0.6) is 0 Å². The van der Waals surface area contributed by atoms with Gasteiger partial charge in [0, 0.05) is 25.1 Å². The van der Waals surface area contributed by atoms with Gasteiger partial charge in [0.1, 0.15) is 5.76 Å². The van der Waals surface area contributed by atoms with Gasteiger partial charge in [-0.15, -0.1) is 0 Å². The van der Waals surface area contributed by atoms with Crippen LogP contribution < -0.4 is 10.6 Å². The van der Waals surface area contributed by atoms with Crippen LogP contribution in [-0.4, -0.2) is 30.2 Å². The van der Waals surface area contributed by atoms with Gasteiger partial charge in [-0.25, -0.2) is 0 Å². The summed E-state index contributed by atoms with van der Waals surface area (Å²) in [6.45, 7) is 12.2. The van der Waals surface area contributed by atoms with Crippen molar-refractivity contribution in [2.24, 2.45) is 5.41 Å². The van der Waals surface area contributed by atoms with Gasteiger partial charge < -0.3 is 15.2 Å². The van der Waals surface area contributed by atoms with Crippen LogP contribution in [-0.2, 0) is 6.42 Å². The van der Waals surface area contributed by atoms with Crippen molar-refractivity contribution in [3.05, 3.63) is 17.5 Å². The van der Waals surface area contributed by atoms with E-state index in [-0.39, 0.29) is 11.3 Å². The molecule has 1 heterocycles. The van der Waals surface area contributed by atoms with Crippen LogP contribution in [0.1, 0.15) is 63.7 Å². The SMILES string of the molecule is CCCCNC(C)C(C)(C)CNC(=O)c1cc(CC)on1. The highest BCUT2D eigenvalue weighted by molar-refractivity contribution is 5.92. The molecule has 120 valence electrons. The molecule has 1 aromatic rings. The smallest absolute Gasteiger partial charge is 0.273 e. The standard InChI is InChI=1S/C16H29N3O2/c1-6-8-9-17-12(3)16(4,5)11-18-15(20)14-10-13(7-2)21-19-14/h10,12,17H,6-9,11H2,1-5H3,(H,18,20). The highest BCUT2D eigenvalue weighted by Gasteiger charge is 2.26. The molecule has 5 nitrogen and oxygen atoms in total. The molecular weight excluding hydrogens is 266 g/mol. The zero-order chi connectivity index (χ0) is 15.9. The Hall–Kier alpha value is -1.36. The lowest BCUT2D eigenvalue weighted by Crippen LogP contribution is -2.47. The molecule has 0 bridgehead atoms. The number of unbranched alkanes of at least 4 members (excludes halogenated alkanes) is 1. The van der Waals surface area contributed by atoms with Crippen molar-refractivity contribution in [2.75, 3.05) is 13.1 Å². The van der Waals surface area contributed by atoms with Crippen molar-refractivity contribution < 1.29 is 9.32 Å². The highest BCUT2D eigenvalue weighted by atomic mass is 16.5. The lowest BCUT2D eigenvalue weighted by molar-refractivity contribution is 0.0919. The summed E-state index contributed by atoms with van der Waals surface area (Å²) in [6.07, 6.45) is 3.10. The number of rotatable bonds is 9. The maximum Gasteiger partial charge on any atom is 0.273 e. The van der Waals surface area contributed by atoms with Crippen molar-refractivity contribution in [1.82, 2.24) is 15.8 Å². The molecule has 0 radical (unpaired) electrons. The molecule has 21 heavy (non-hydrogen) atoms. The third-order valence-electron chi connectivity index (χ3n) is 4.00. The molecular formula is C16H29N3O2. The number of aryl methyl sites for hydroxylation is 1. The Morgan fingerprint density at radius 3 is 2.71 bits per heavy atom. The van der Waals surface area contributed by atoms with Gasteiger partial charge in [-0.1, -0.05) is 39.3 Å². The first-order valence-electron chi connectivity index (χ1n) is 7.87. The Labute approximate surface area is 127 Å². The van der Waals surface area contributed by atoms with Gasteiger partial charge in [-0.2, -0.15) is 0 Å². The van der Waals surface area contributed by atoms with Crippen LogP contribution >= 0.6 is 0 Å². The second kappa shape index (κ2) is 8.17. The summed E-state index contributed by atoms with van der Waals surface area (Å²) in [7, 11) is 0. The predicted octanol–water partition coefficient (Wildman–Crippen LogP) is 2.77. The molecule has 1 atom stereocenters. The van der Waals surface area contributed by atoms with Gasteiger partial charge >= 0.3 is 0 Å². The maximum atomic E-state index is 12.0. The molecule has 2 N–H and O–H groups in total. The molecule has 0 spiro atoms. The minimum absolute atomic E-state index is 0.0271. The number of hydrogen-bond acceptors (Lipinski definition) is 4. The first-order chi connectivity index (χ1) is 9.90. The van der Waals surface area contributed by atoms with Crippen LogP contribution in [0.2, 0.25) is 0 Å². The fraction of sp³-hybridized carbons (Fsp3) is 0.750. The van der Waals surface area contributed by atoms with Gasteiger partial charge in [0.25, 0.3) is 5.91 Å². The number of nitrogens with zero attached hydrogens (tertiary/aromatic N) is 1. The molecule has 5 heteroatoms. The molecule has 1 aromatic heterocycles. The summed E-state index contributed by atoms with van der Waals surface area (Å²) < 4.78 is 5.06. The van der Waals surface area contributed by atoms with Crippen LogP contribution in [0.4, 0.5) is 0 Å². The van der Waals surface area contributed by atoms with Crippen LogP contribution in [0.25, 0.3) is 0 Å². The summed E-state index contributed by atoms with van der Waals surface area (Å²) in [5.74, 6) is 0.557. The Balaban J connectivity index is 2.46. The zero-order valence-electron chi connectivity index (χ0n) is 14.0. The van der Waals surface area contributed by atoms with Gasteiger partial charge in [0.05, 0.1) is 0 Å². The summed E-state index contributed by atoms with van der Waals surface area (Å²) in [4.78, 5) is 12.0. The number of carbonyl (C=O) groups excluding carboxylic acids is 1. The van der Waals surface area contributed by atoms with Crippen molar-refractivity contribution in [1.29, 1.82) is 0 Å². The van der Waals surface area contributed by atoms with Crippen LogP contribution in [0.3, 0.4) is 0 Å². The molecule has 1 amide bonds. The van der Waals surface area contributed by atoms with Crippen molar-refractivity contribution in [2.45, 2.75) is 59.9 Å². The molecule has 0 aliphatic carbocycles. The fourth-order valence-electron chi connectivity index (χ4n) is 1.91. The minimum atomic E-state index is -0.174. The van der Waals surface area contributed by atoms with E-state index in [1.165, 1.54) is 12.8 Å². The zero-order valence-corrected chi connectivity index (χ0v) is 14.0. The average molecular weight is 295 g/mol. The normalized spacial score (nSPS) is 13.2. The molecule has 0 saturated carbocycles. The monoisotopic (exact) mass is 295 g/mol. The lowest BCUT2D eigenvalue weighted by atomic mass is 9.85. The first kappa shape index (κ1) is 17.7. The number of nitrogens with one attached hydrogen (secondary N) is 2. The summed E-state index contributed by atoms with van der Waals surface area (Å²) in [5, 5.41) is 10.3. The second-order valence-electron chi connectivity index (χ2n) is 6.23. The summed E-state index contributed by atoms with van der Waals surface area (Å²) >= 11 is 0. The molecule has 0 fully saturated rings. The van der Waals surface area contributed by atoms with Crippen molar-refractivity contribution >= 4 is 5.91 Å². The van der Waals surface area contributed by atoms with E-state index < -0.39 is 0 Å². The minimum Gasteiger partial charge on any atom is -0.361 e. The quantitative estimate of drug-likeness (QED) is 0.687. The Morgan fingerprint density at radius 1 is 1.43 bits per heavy atom. The van der Waals surface area contributed by atoms with Gasteiger partial charge in [-0.3, -0.25) is 4.79 Å². The highest BCUT2D eigenvalue weighted by Crippen LogP contribution is 2.19. The van der Waals surface area contributed by atoms with E-state index in [2.05, 4.69) is 43.5 Å². The van der Waals surface area contributed by atoms with E-state index in [9.17, 15) is 4.79 Å². The Bertz CT molecular complexity index is 440. The Morgan fingerprint density at radius 2 is 2.14 bits per heavy atom. The number of hydrogen-bond donors (Lipinski definition) is 2. The van der Waals surface area contributed by atoms with E-state index in [0.29, 0.717) is 18.3 Å². The number of aromatic nitrogens is 1. The van der Waals surface area contributed by atoms with Crippen LogP contribution in [0.15, 0.2) is 10.6 Å². The molecule has 1 rings (SSSR count). The number of carbonyl (C=O) groups is 1. The van der Waals surface area contributed by atoms with E-state index in [0.717, 1.165) is 18.7 Å². The summed E-state index contributed by atoms with van der Waals surface area (Å²) in [5.41, 5.74) is 0.329. The summed E-state index contributed by atoms with van der Waals surface area (Å²) in [6, 6.07) is 2.03. The molecule has 0 aliphatic rings. The molecule has 0 saturated heterocycles. The van der Waals surface area contributed by atoms with E-state index in [1.54, 1.807) is 6.07 Å². The second-order valence-corrected chi connectivity index (χ2v) is 6.23. The third kappa shape index (κ3) is 5.50. The predicted molar refractivity (Wildman–Crippen MR) is 84.4 cm³/mol. The van der Waals surface area contributed by atoms with Crippen molar-refractivity contribution in [3.8, 4) is 0 Å². The first-order valence-corrected chi connectivity index (χ1v) is 7.87. The molecule has 0 aliphatic heterocycles. The average Bonchev–Trinajstić information content (AvgIpc) is 2.94.